The van der Waals surface area contributed by atoms with Crippen LogP contribution in [0.15, 0.2) is 0 Å². The lowest BCUT2D eigenvalue weighted by Crippen LogP contribution is -2.08. The van der Waals surface area contributed by atoms with E-state index in [9.17, 15) is 0 Å². The predicted octanol–water partition coefficient (Wildman–Crippen LogP) is 0.429. The fourth-order valence-corrected chi connectivity index (χ4v) is 1.56. The molecule has 0 radical (unpaired) electrons. The highest BCUT2D eigenvalue weighted by atomic mass is 32.1. The number of hydrogen-bond donors (Lipinski definition) is 1. The van der Waals surface area contributed by atoms with Crippen LogP contribution >= 0.6 is 11.3 Å². The first kappa shape index (κ1) is 13.3. The van der Waals surface area contributed by atoms with Crippen molar-refractivity contribution in [3.63, 3.8) is 0 Å². The van der Waals surface area contributed by atoms with E-state index in [1.165, 1.54) is 11.3 Å². The van der Waals surface area contributed by atoms with Gasteiger partial charge in [0, 0.05) is 26.9 Å². The molecule has 0 atom stereocenters. The highest BCUT2D eigenvalue weighted by molar-refractivity contribution is 7.13. The van der Waals surface area contributed by atoms with E-state index in [-0.39, 0.29) is 0 Å². The minimum atomic E-state index is 0.397. The minimum Gasteiger partial charge on any atom is -0.466 e. The molecular weight excluding hydrogens is 230 g/mol. The van der Waals surface area contributed by atoms with Gasteiger partial charge < -0.3 is 19.9 Å². The van der Waals surface area contributed by atoms with Crippen LogP contribution in [0.2, 0.25) is 0 Å². The summed E-state index contributed by atoms with van der Waals surface area (Å²) in [6.45, 7) is 2.82. The van der Waals surface area contributed by atoms with E-state index < -0.39 is 0 Å². The molecule has 0 saturated carbocycles. The third kappa shape index (κ3) is 5.36. The van der Waals surface area contributed by atoms with Gasteiger partial charge in [-0.3, -0.25) is 0 Å². The molecule has 0 saturated heterocycles. The van der Waals surface area contributed by atoms with Crippen molar-refractivity contribution in [1.82, 2.24) is 10.2 Å². The fraction of sp³-hybridized carbons (Fsp3) is 0.778. The molecule has 0 aliphatic rings. The molecule has 7 heteroatoms. The van der Waals surface area contributed by atoms with E-state index >= 15 is 0 Å². The summed E-state index contributed by atoms with van der Waals surface area (Å²) in [6, 6.07) is 0. The first-order valence-corrected chi connectivity index (χ1v) is 5.90. The van der Waals surface area contributed by atoms with Gasteiger partial charge in [0.15, 0.2) is 0 Å². The lowest BCUT2D eigenvalue weighted by atomic mass is 10.5. The highest BCUT2D eigenvalue weighted by Gasteiger charge is 2.02. The van der Waals surface area contributed by atoms with Crippen LogP contribution in [-0.4, -0.2) is 43.7 Å². The van der Waals surface area contributed by atoms with Crippen molar-refractivity contribution in [2.45, 2.75) is 13.0 Å². The highest BCUT2D eigenvalue weighted by Crippen LogP contribution is 2.16. The second-order valence-corrected chi connectivity index (χ2v) is 4.00. The average Bonchev–Trinajstić information content (AvgIpc) is 2.76. The molecule has 2 N–H and O–H groups in total. The van der Waals surface area contributed by atoms with Crippen molar-refractivity contribution < 1.29 is 14.2 Å². The Bertz CT molecular complexity index is 283. The molecule has 16 heavy (non-hydrogen) atoms. The van der Waals surface area contributed by atoms with Crippen LogP contribution in [0.5, 0.6) is 5.19 Å². The van der Waals surface area contributed by atoms with Gasteiger partial charge in [0.25, 0.3) is 5.19 Å². The van der Waals surface area contributed by atoms with Crippen LogP contribution < -0.4 is 10.5 Å². The zero-order valence-corrected chi connectivity index (χ0v) is 10.2. The molecule has 0 aliphatic carbocycles. The van der Waals surface area contributed by atoms with Crippen molar-refractivity contribution in [3.05, 3.63) is 5.01 Å². The maximum Gasteiger partial charge on any atom is 0.294 e. The van der Waals surface area contributed by atoms with E-state index in [1.54, 1.807) is 7.11 Å². The Balaban J connectivity index is 1.98. The molecule has 1 rings (SSSR count). The van der Waals surface area contributed by atoms with Gasteiger partial charge in [0.05, 0.1) is 6.61 Å². The molecule has 0 unspecified atom stereocenters. The zero-order chi connectivity index (χ0) is 11.6. The topological polar surface area (TPSA) is 79.5 Å². The van der Waals surface area contributed by atoms with Crippen molar-refractivity contribution in [2.24, 2.45) is 5.73 Å². The first-order valence-electron chi connectivity index (χ1n) is 5.08. The molecule has 0 aliphatic heterocycles. The number of nitrogens with two attached hydrogens (primary N) is 1. The van der Waals surface area contributed by atoms with Gasteiger partial charge >= 0.3 is 0 Å². The van der Waals surface area contributed by atoms with Crippen LogP contribution in [0.25, 0.3) is 0 Å². The molecule has 0 spiro atoms. The fourth-order valence-electron chi connectivity index (χ4n) is 0.974. The molecule has 0 fully saturated rings. The summed E-state index contributed by atoms with van der Waals surface area (Å²) in [7, 11) is 1.67. The summed E-state index contributed by atoms with van der Waals surface area (Å²) in [6.07, 6.45) is 0.895. The van der Waals surface area contributed by atoms with Gasteiger partial charge in [-0.15, -0.1) is 10.2 Å². The van der Waals surface area contributed by atoms with Crippen LogP contribution in [0.4, 0.5) is 0 Å². The van der Waals surface area contributed by atoms with E-state index in [2.05, 4.69) is 10.2 Å². The number of aromatic nitrogens is 2. The van der Waals surface area contributed by atoms with E-state index in [0.717, 1.165) is 18.0 Å². The SMILES string of the molecule is COCCCOCCOc1nnc(CN)s1. The standard InChI is InChI=1S/C9H17N3O3S/c1-13-3-2-4-14-5-6-15-9-12-11-8(7-10)16-9/h2-7,10H2,1H3. The van der Waals surface area contributed by atoms with Crippen LogP contribution in [0.1, 0.15) is 11.4 Å². The van der Waals surface area contributed by atoms with Crippen LogP contribution in [0, 0.1) is 0 Å². The van der Waals surface area contributed by atoms with Gasteiger partial charge in [0.2, 0.25) is 0 Å². The van der Waals surface area contributed by atoms with Gasteiger partial charge in [-0.1, -0.05) is 11.3 Å². The Morgan fingerprint density at radius 3 is 2.75 bits per heavy atom. The number of ether oxygens (including phenoxy) is 3. The predicted molar refractivity (Wildman–Crippen MR) is 60.6 cm³/mol. The average molecular weight is 247 g/mol. The molecule has 1 heterocycles. The molecule has 0 bridgehead atoms. The Kier molecular flexibility index (Phi) is 6.98. The van der Waals surface area contributed by atoms with Gasteiger partial charge in [0.1, 0.15) is 11.6 Å². The minimum absolute atomic E-state index is 0.397. The first-order chi connectivity index (χ1) is 7.86. The molecule has 1 aromatic rings. The lowest BCUT2D eigenvalue weighted by molar-refractivity contribution is 0.0804. The van der Waals surface area contributed by atoms with E-state index in [4.69, 9.17) is 19.9 Å². The second-order valence-electron chi connectivity index (χ2n) is 2.97. The smallest absolute Gasteiger partial charge is 0.294 e. The van der Waals surface area contributed by atoms with Crippen molar-refractivity contribution in [2.75, 3.05) is 33.5 Å². The van der Waals surface area contributed by atoms with Crippen molar-refractivity contribution in [3.8, 4) is 5.19 Å². The zero-order valence-electron chi connectivity index (χ0n) is 9.35. The van der Waals surface area contributed by atoms with Gasteiger partial charge in [-0.2, -0.15) is 0 Å². The Morgan fingerprint density at radius 1 is 1.19 bits per heavy atom. The molecule has 6 nitrogen and oxygen atoms in total. The number of rotatable bonds is 9. The summed E-state index contributed by atoms with van der Waals surface area (Å²) < 4.78 is 15.5. The Morgan fingerprint density at radius 2 is 2.06 bits per heavy atom. The molecular formula is C9H17N3O3S. The lowest BCUT2D eigenvalue weighted by Gasteiger charge is -2.03. The normalized spacial score (nSPS) is 10.6. The number of nitrogens with zero attached hydrogens (tertiary/aromatic N) is 2. The van der Waals surface area contributed by atoms with Crippen molar-refractivity contribution >= 4 is 11.3 Å². The van der Waals surface area contributed by atoms with E-state index in [0.29, 0.717) is 31.6 Å². The summed E-state index contributed by atoms with van der Waals surface area (Å²) in [5, 5.41) is 8.98. The third-order valence-electron chi connectivity index (χ3n) is 1.71. The Hall–Kier alpha value is -0.760. The van der Waals surface area contributed by atoms with Gasteiger partial charge in [-0.25, -0.2) is 0 Å². The monoisotopic (exact) mass is 247 g/mol. The Labute approximate surface area is 98.7 Å². The maximum absolute atomic E-state index is 5.40. The summed E-state index contributed by atoms with van der Waals surface area (Å²) in [5.74, 6) is 0. The molecule has 0 aromatic carbocycles. The van der Waals surface area contributed by atoms with Crippen LogP contribution in [-0.2, 0) is 16.0 Å². The second kappa shape index (κ2) is 8.40. The van der Waals surface area contributed by atoms with Gasteiger partial charge in [-0.05, 0) is 6.42 Å². The molecule has 92 valence electrons. The van der Waals surface area contributed by atoms with E-state index in [1.807, 2.05) is 0 Å². The summed E-state index contributed by atoms with van der Waals surface area (Å²) >= 11 is 1.36. The molecule has 0 amide bonds. The number of methoxy groups -OCH3 is 1. The largest absolute Gasteiger partial charge is 0.466 e. The summed E-state index contributed by atoms with van der Waals surface area (Å²) in [5.41, 5.74) is 5.40. The summed E-state index contributed by atoms with van der Waals surface area (Å²) in [4.78, 5) is 0. The number of hydrogen-bond acceptors (Lipinski definition) is 7. The quantitative estimate of drug-likeness (QED) is 0.637. The third-order valence-corrected chi connectivity index (χ3v) is 2.57. The van der Waals surface area contributed by atoms with Crippen molar-refractivity contribution in [1.29, 1.82) is 0 Å². The molecule has 1 aromatic heterocycles. The maximum atomic E-state index is 5.40. The van der Waals surface area contributed by atoms with Crippen LogP contribution in [0.3, 0.4) is 0 Å².